The van der Waals surface area contributed by atoms with Crippen LogP contribution in [0.2, 0.25) is 0 Å². The van der Waals surface area contributed by atoms with Gasteiger partial charge < -0.3 is 9.30 Å². The van der Waals surface area contributed by atoms with Crippen molar-refractivity contribution < 1.29 is 9.53 Å². The highest BCUT2D eigenvalue weighted by molar-refractivity contribution is 7.98. The minimum atomic E-state index is -0.309. The van der Waals surface area contributed by atoms with Crippen LogP contribution in [0.4, 0.5) is 0 Å². The summed E-state index contributed by atoms with van der Waals surface area (Å²) in [4.78, 5) is 13.0. The first-order valence-corrected chi connectivity index (χ1v) is 10.4. The van der Waals surface area contributed by atoms with Gasteiger partial charge in [-0.3, -0.25) is 0 Å². The molecule has 0 N–H and O–H groups in total. The normalized spacial score (nSPS) is 13.7. The number of carbonyl (C=O) groups is 1. The number of rotatable bonds is 7. The second-order valence-corrected chi connectivity index (χ2v) is 8.21. The zero-order valence-corrected chi connectivity index (χ0v) is 16.1. The van der Waals surface area contributed by atoms with Crippen molar-refractivity contribution >= 4 is 29.1 Å². The highest BCUT2D eigenvalue weighted by Crippen LogP contribution is 2.39. The van der Waals surface area contributed by atoms with E-state index in [9.17, 15) is 4.79 Å². The number of hydrogen-bond donors (Lipinski definition) is 0. The van der Waals surface area contributed by atoms with Crippen molar-refractivity contribution in [2.45, 2.75) is 36.2 Å². The molecule has 4 rings (SSSR count). The van der Waals surface area contributed by atoms with Gasteiger partial charge in [-0.2, -0.15) is 0 Å². The maximum absolute atomic E-state index is 11.7. The predicted molar refractivity (Wildman–Crippen MR) is 103 cm³/mol. The van der Waals surface area contributed by atoms with Crippen LogP contribution in [-0.4, -0.2) is 27.8 Å². The lowest BCUT2D eigenvalue weighted by molar-refractivity contribution is 0.0600. The molecule has 2 aromatic heterocycles. The number of benzene rings is 1. The van der Waals surface area contributed by atoms with E-state index in [-0.39, 0.29) is 5.97 Å². The summed E-state index contributed by atoms with van der Waals surface area (Å²) < 4.78 is 7.10. The number of methoxy groups -OCH3 is 1. The number of esters is 1. The molecule has 1 aliphatic rings. The van der Waals surface area contributed by atoms with E-state index in [1.165, 1.54) is 24.8 Å². The van der Waals surface area contributed by atoms with Gasteiger partial charge in [-0.25, -0.2) is 4.79 Å². The number of ether oxygens (including phenoxy) is 1. The Labute approximate surface area is 160 Å². The van der Waals surface area contributed by atoms with Crippen molar-refractivity contribution in [2.24, 2.45) is 0 Å². The number of carbonyl (C=O) groups excluding carboxylic acids is 1. The van der Waals surface area contributed by atoms with Gasteiger partial charge in [-0.05, 0) is 42.0 Å². The average Bonchev–Trinajstić information content (AvgIpc) is 3.22. The van der Waals surface area contributed by atoms with Crippen molar-refractivity contribution in [1.29, 1.82) is 0 Å². The van der Waals surface area contributed by atoms with Gasteiger partial charge in [-0.1, -0.05) is 30.0 Å². The molecule has 1 saturated carbocycles. The molecule has 134 valence electrons. The summed E-state index contributed by atoms with van der Waals surface area (Å²) in [5, 5.41) is 11.9. The summed E-state index contributed by atoms with van der Waals surface area (Å²) in [6.45, 7) is 0. The fourth-order valence-electron chi connectivity index (χ4n) is 2.85. The first kappa shape index (κ1) is 17.3. The molecule has 3 aromatic rings. The maximum Gasteiger partial charge on any atom is 0.337 e. The highest BCUT2D eigenvalue weighted by atomic mass is 32.2. The first-order valence-electron chi connectivity index (χ1n) is 8.51. The van der Waals surface area contributed by atoms with Crippen LogP contribution in [0.25, 0.3) is 0 Å². The lowest BCUT2D eigenvalue weighted by atomic mass is 10.1. The zero-order chi connectivity index (χ0) is 17.9. The SMILES string of the molecule is COC(=O)c1cccc(CSc2nnc(Cc3cccs3)n2C2CC2)c1. The fraction of sp³-hybridized carbons (Fsp3) is 0.316. The van der Waals surface area contributed by atoms with Gasteiger partial charge in [0.15, 0.2) is 5.16 Å². The zero-order valence-electron chi connectivity index (χ0n) is 14.4. The van der Waals surface area contributed by atoms with Crippen molar-refractivity contribution in [3.63, 3.8) is 0 Å². The standard InChI is InChI=1S/C19H19N3O2S2/c1-24-18(23)14-5-2-4-13(10-14)12-26-19-21-20-17(22(19)15-7-8-15)11-16-6-3-9-25-16/h2-6,9-10,15H,7-8,11-12H2,1H3. The van der Waals surface area contributed by atoms with Crippen molar-refractivity contribution in [1.82, 2.24) is 14.8 Å². The van der Waals surface area contributed by atoms with Gasteiger partial charge in [0.1, 0.15) is 5.82 Å². The summed E-state index contributed by atoms with van der Waals surface area (Å²) in [5.74, 6) is 1.48. The Kier molecular flexibility index (Phi) is 5.08. The molecule has 0 saturated heterocycles. The molecule has 2 heterocycles. The van der Waals surface area contributed by atoms with Gasteiger partial charge in [-0.15, -0.1) is 21.5 Å². The van der Waals surface area contributed by atoms with Crippen molar-refractivity contribution in [3.8, 4) is 0 Å². The Hall–Kier alpha value is -2.12. The molecular weight excluding hydrogens is 366 g/mol. The summed E-state index contributed by atoms with van der Waals surface area (Å²) in [6.07, 6.45) is 3.22. The molecular formula is C19H19N3O2S2. The quantitative estimate of drug-likeness (QED) is 0.447. The monoisotopic (exact) mass is 385 g/mol. The third-order valence-corrected chi connectivity index (χ3v) is 6.17. The summed E-state index contributed by atoms with van der Waals surface area (Å²) in [6, 6.07) is 12.3. The number of nitrogens with zero attached hydrogens (tertiary/aromatic N) is 3. The number of thiophene rings is 1. The fourth-order valence-corrected chi connectivity index (χ4v) is 4.52. The van der Waals surface area contributed by atoms with Gasteiger partial charge in [0.05, 0.1) is 12.7 Å². The van der Waals surface area contributed by atoms with E-state index >= 15 is 0 Å². The summed E-state index contributed by atoms with van der Waals surface area (Å²) >= 11 is 3.42. The van der Waals surface area contributed by atoms with E-state index in [4.69, 9.17) is 4.74 Å². The predicted octanol–water partition coefficient (Wildman–Crippen LogP) is 4.34. The Balaban J connectivity index is 1.50. The van der Waals surface area contributed by atoms with Crippen LogP contribution in [0.5, 0.6) is 0 Å². The van der Waals surface area contributed by atoms with E-state index in [1.807, 2.05) is 18.2 Å². The molecule has 0 unspecified atom stereocenters. The third kappa shape index (κ3) is 3.83. The van der Waals surface area contributed by atoms with Crippen LogP contribution in [0.15, 0.2) is 46.9 Å². The molecule has 26 heavy (non-hydrogen) atoms. The minimum absolute atomic E-state index is 0.309. The molecule has 1 fully saturated rings. The van der Waals surface area contributed by atoms with Crippen LogP contribution in [0, 0.1) is 0 Å². The van der Waals surface area contributed by atoms with E-state index in [2.05, 4.69) is 32.3 Å². The van der Waals surface area contributed by atoms with Gasteiger partial charge in [0.25, 0.3) is 0 Å². The third-order valence-electron chi connectivity index (χ3n) is 4.28. The first-order chi connectivity index (χ1) is 12.7. The summed E-state index contributed by atoms with van der Waals surface area (Å²) in [5.41, 5.74) is 1.65. The van der Waals surface area contributed by atoms with Crippen LogP contribution >= 0.6 is 23.1 Å². The number of hydrogen-bond acceptors (Lipinski definition) is 6. The summed E-state index contributed by atoms with van der Waals surface area (Å²) in [7, 11) is 1.40. The molecule has 1 aromatic carbocycles. The van der Waals surface area contributed by atoms with Crippen LogP contribution in [0.1, 0.15) is 45.5 Å². The average molecular weight is 386 g/mol. The van der Waals surface area contributed by atoms with E-state index in [1.54, 1.807) is 29.2 Å². The molecule has 7 heteroatoms. The van der Waals surface area contributed by atoms with Crippen LogP contribution in [-0.2, 0) is 16.9 Å². The second kappa shape index (κ2) is 7.63. The molecule has 0 aliphatic heterocycles. The minimum Gasteiger partial charge on any atom is -0.465 e. The second-order valence-electron chi connectivity index (χ2n) is 6.24. The van der Waals surface area contributed by atoms with Crippen LogP contribution in [0.3, 0.4) is 0 Å². The Morgan fingerprint density at radius 2 is 2.19 bits per heavy atom. The molecule has 0 amide bonds. The Morgan fingerprint density at radius 1 is 1.31 bits per heavy atom. The topological polar surface area (TPSA) is 57.0 Å². The van der Waals surface area contributed by atoms with E-state index in [0.717, 1.165) is 28.7 Å². The smallest absolute Gasteiger partial charge is 0.337 e. The highest BCUT2D eigenvalue weighted by Gasteiger charge is 2.29. The maximum atomic E-state index is 11.7. The number of thioether (sulfide) groups is 1. The molecule has 0 bridgehead atoms. The Bertz CT molecular complexity index is 901. The van der Waals surface area contributed by atoms with E-state index in [0.29, 0.717) is 11.6 Å². The molecule has 0 spiro atoms. The van der Waals surface area contributed by atoms with Crippen molar-refractivity contribution in [3.05, 3.63) is 63.6 Å². The molecule has 1 aliphatic carbocycles. The van der Waals surface area contributed by atoms with Gasteiger partial charge in [0, 0.05) is 23.1 Å². The van der Waals surface area contributed by atoms with Crippen LogP contribution < -0.4 is 0 Å². The number of aromatic nitrogens is 3. The molecule has 5 nitrogen and oxygen atoms in total. The lowest BCUT2D eigenvalue weighted by Gasteiger charge is -2.08. The van der Waals surface area contributed by atoms with Crippen molar-refractivity contribution in [2.75, 3.05) is 7.11 Å². The molecule has 0 radical (unpaired) electrons. The largest absolute Gasteiger partial charge is 0.465 e. The van der Waals surface area contributed by atoms with Gasteiger partial charge in [0.2, 0.25) is 0 Å². The molecule has 0 atom stereocenters. The van der Waals surface area contributed by atoms with Gasteiger partial charge >= 0.3 is 5.97 Å². The lowest BCUT2D eigenvalue weighted by Crippen LogP contribution is -2.04. The van der Waals surface area contributed by atoms with E-state index < -0.39 is 0 Å². The Morgan fingerprint density at radius 3 is 2.92 bits per heavy atom.